The molecule has 5 heteroatoms. The topological polar surface area (TPSA) is 58.6 Å². The van der Waals surface area contributed by atoms with Crippen LogP contribution in [0.5, 0.6) is 0 Å². The highest BCUT2D eigenvalue weighted by Gasteiger charge is 2.03. The van der Waals surface area contributed by atoms with Crippen molar-refractivity contribution in [3.63, 3.8) is 0 Å². The molecule has 0 aliphatic heterocycles. The Hall–Kier alpha value is -0.910. The van der Waals surface area contributed by atoms with Gasteiger partial charge in [0.05, 0.1) is 19.8 Å². The van der Waals surface area contributed by atoms with Crippen molar-refractivity contribution in [2.24, 2.45) is 0 Å². The first-order valence-electron chi connectivity index (χ1n) is 4.96. The summed E-state index contributed by atoms with van der Waals surface area (Å²) < 4.78 is 5.96. The Bertz CT molecular complexity index is 327. The van der Waals surface area contributed by atoms with E-state index in [1.54, 1.807) is 12.1 Å². The van der Waals surface area contributed by atoms with Crippen LogP contribution < -0.4 is 5.32 Å². The fraction of sp³-hybridized carbons (Fsp3) is 0.364. The van der Waals surface area contributed by atoms with Gasteiger partial charge in [-0.15, -0.1) is 0 Å². The number of carbonyl (C=O) groups excluding carboxylic acids is 1. The number of nitrogens with one attached hydrogen (secondary N) is 1. The molecule has 0 saturated carbocycles. The van der Waals surface area contributed by atoms with E-state index in [-0.39, 0.29) is 12.5 Å². The van der Waals surface area contributed by atoms with Gasteiger partial charge in [-0.25, -0.2) is 0 Å². The zero-order valence-electron chi connectivity index (χ0n) is 8.78. The van der Waals surface area contributed by atoms with E-state index in [1.807, 2.05) is 12.1 Å². The Labute approximate surface area is 103 Å². The Kier molecular flexibility index (Phi) is 6.07. The predicted molar refractivity (Wildman–Crippen MR) is 64.4 cm³/mol. The van der Waals surface area contributed by atoms with Gasteiger partial charge in [-0.3, -0.25) is 4.79 Å². The van der Waals surface area contributed by atoms with E-state index in [0.717, 1.165) is 4.47 Å². The summed E-state index contributed by atoms with van der Waals surface area (Å²) in [6.45, 7) is 1.15. The van der Waals surface area contributed by atoms with Gasteiger partial charge in [0.2, 0.25) is 0 Å². The second-order valence-corrected chi connectivity index (χ2v) is 4.01. The molecule has 0 unspecified atom stereocenters. The molecule has 0 atom stereocenters. The second-order valence-electron chi connectivity index (χ2n) is 3.10. The molecule has 88 valence electrons. The molecule has 0 aromatic heterocycles. The third kappa shape index (κ3) is 4.74. The van der Waals surface area contributed by atoms with E-state index in [4.69, 9.17) is 9.84 Å². The van der Waals surface area contributed by atoms with Gasteiger partial charge in [0, 0.05) is 16.6 Å². The van der Waals surface area contributed by atoms with Crippen LogP contribution in [0.15, 0.2) is 28.7 Å². The Morgan fingerprint density at radius 2 is 2.00 bits per heavy atom. The number of halogens is 1. The van der Waals surface area contributed by atoms with E-state index < -0.39 is 0 Å². The Morgan fingerprint density at radius 1 is 1.31 bits per heavy atom. The van der Waals surface area contributed by atoms with Crippen LogP contribution in [0.4, 0.5) is 0 Å². The summed E-state index contributed by atoms with van der Waals surface area (Å²) in [6, 6.07) is 7.12. The van der Waals surface area contributed by atoms with E-state index >= 15 is 0 Å². The van der Waals surface area contributed by atoms with Crippen LogP contribution in [0.25, 0.3) is 0 Å². The number of ether oxygens (including phenoxy) is 1. The van der Waals surface area contributed by atoms with Crippen molar-refractivity contribution in [2.75, 3.05) is 26.4 Å². The van der Waals surface area contributed by atoms with Crippen molar-refractivity contribution in [1.29, 1.82) is 0 Å². The highest BCUT2D eigenvalue weighted by Crippen LogP contribution is 2.10. The number of rotatable bonds is 6. The lowest BCUT2D eigenvalue weighted by atomic mass is 10.2. The smallest absolute Gasteiger partial charge is 0.251 e. The minimum absolute atomic E-state index is 0.000653. The number of carbonyl (C=O) groups is 1. The summed E-state index contributed by atoms with van der Waals surface area (Å²) in [6.07, 6.45) is 0. The van der Waals surface area contributed by atoms with Crippen LogP contribution in [0.3, 0.4) is 0 Å². The summed E-state index contributed by atoms with van der Waals surface area (Å²) in [5.74, 6) is -0.125. The zero-order chi connectivity index (χ0) is 11.8. The number of aliphatic hydroxyl groups is 1. The molecular weight excluding hydrogens is 274 g/mol. The van der Waals surface area contributed by atoms with Crippen LogP contribution in [0, 0.1) is 0 Å². The molecule has 0 aliphatic carbocycles. The maximum atomic E-state index is 11.6. The zero-order valence-corrected chi connectivity index (χ0v) is 10.4. The standard InChI is InChI=1S/C11H14BrNO3/c12-10-3-1-9(2-4-10)11(15)13-5-7-16-8-6-14/h1-4,14H,5-8H2,(H,13,15). The normalized spacial score (nSPS) is 10.1. The largest absolute Gasteiger partial charge is 0.394 e. The number of benzene rings is 1. The van der Waals surface area contributed by atoms with E-state index in [2.05, 4.69) is 21.2 Å². The average molecular weight is 288 g/mol. The lowest BCUT2D eigenvalue weighted by Crippen LogP contribution is -2.27. The molecule has 4 nitrogen and oxygen atoms in total. The first-order valence-corrected chi connectivity index (χ1v) is 5.75. The van der Waals surface area contributed by atoms with E-state index in [9.17, 15) is 4.79 Å². The fourth-order valence-corrected chi connectivity index (χ4v) is 1.37. The SMILES string of the molecule is O=C(NCCOCCO)c1ccc(Br)cc1. The molecule has 0 heterocycles. The molecule has 0 radical (unpaired) electrons. The average Bonchev–Trinajstić information content (AvgIpc) is 2.29. The maximum absolute atomic E-state index is 11.6. The monoisotopic (exact) mass is 287 g/mol. The summed E-state index contributed by atoms with van der Waals surface area (Å²) in [7, 11) is 0. The first-order chi connectivity index (χ1) is 7.74. The van der Waals surface area contributed by atoms with Gasteiger partial charge in [-0.2, -0.15) is 0 Å². The molecular formula is C11H14BrNO3. The molecule has 0 spiro atoms. The van der Waals surface area contributed by atoms with Gasteiger partial charge in [0.15, 0.2) is 0 Å². The number of aliphatic hydroxyl groups excluding tert-OH is 1. The van der Waals surface area contributed by atoms with Crippen molar-refractivity contribution in [3.05, 3.63) is 34.3 Å². The van der Waals surface area contributed by atoms with Crippen molar-refractivity contribution in [3.8, 4) is 0 Å². The number of amides is 1. The number of hydrogen-bond acceptors (Lipinski definition) is 3. The van der Waals surface area contributed by atoms with Gasteiger partial charge in [-0.1, -0.05) is 15.9 Å². The van der Waals surface area contributed by atoms with Crippen LogP contribution in [0.2, 0.25) is 0 Å². The molecule has 1 amide bonds. The molecule has 0 fully saturated rings. The van der Waals surface area contributed by atoms with Gasteiger partial charge < -0.3 is 15.2 Å². The van der Waals surface area contributed by atoms with Crippen LogP contribution in [-0.4, -0.2) is 37.4 Å². The Balaban J connectivity index is 2.27. The molecule has 1 rings (SSSR count). The van der Waals surface area contributed by atoms with Gasteiger partial charge in [0.25, 0.3) is 5.91 Å². The van der Waals surface area contributed by atoms with E-state index in [1.165, 1.54) is 0 Å². The molecule has 1 aromatic carbocycles. The van der Waals surface area contributed by atoms with Gasteiger partial charge in [0.1, 0.15) is 0 Å². The highest BCUT2D eigenvalue weighted by atomic mass is 79.9. The Morgan fingerprint density at radius 3 is 2.62 bits per heavy atom. The summed E-state index contributed by atoms with van der Waals surface area (Å²) in [4.78, 5) is 11.6. The quantitative estimate of drug-likeness (QED) is 0.773. The molecule has 1 aromatic rings. The van der Waals surface area contributed by atoms with Gasteiger partial charge >= 0.3 is 0 Å². The minimum atomic E-state index is -0.125. The van der Waals surface area contributed by atoms with Gasteiger partial charge in [-0.05, 0) is 24.3 Å². The molecule has 2 N–H and O–H groups in total. The summed E-state index contributed by atoms with van der Waals surface area (Å²) >= 11 is 3.30. The fourth-order valence-electron chi connectivity index (χ4n) is 1.11. The highest BCUT2D eigenvalue weighted by molar-refractivity contribution is 9.10. The maximum Gasteiger partial charge on any atom is 0.251 e. The molecule has 0 saturated heterocycles. The summed E-state index contributed by atoms with van der Waals surface area (Å²) in [5, 5.41) is 11.2. The minimum Gasteiger partial charge on any atom is -0.394 e. The van der Waals surface area contributed by atoms with Crippen molar-refractivity contribution >= 4 is 21.8 Å². The van der Waals surface area contributed by atoms with Crippen molar-refractivity contribution < 1.29 is 14.6 Å². The lowest BCUT2D eigenvalue weighted by Gasteiger charge is -2.05. The second kappa shape index (κ2) is 7.38. The predicted octanol–water partition coefficient (Wildman–Crippen LogP) is 1.19. The van der Waals surface area contributed by atoms with Crippen molar-refractivity contribution in [1.82, 2.24) is 5.32 Å². The molecule has 16 heavy (non-hydrogen) atoms. The van der Waals surface area contributed by atoms with Crippen LogP contribution >= 0.6 is 15.9 Å². The van der Waals surface area contributed by atoms with Crippen molar-refractivity contribution in [2.45, 2.75) is 0 Å². The summed E-state index contributed by atoms with van der Waals surface area (Å²) in [5.41, 5.74) is 0.616. The lowest BCUT2D eigenvalue weighted by molar-refractivity contribution is 0.0838. The van der Waals surface area contributed by atoms with Crippen LogP contribution in [0.1, 0.15) is 10.4 Å². The van der Waals surface area contributed by atoms with E-state index in [0.29, 0.717) is 25.3 Å². The molecule has 0 aliphatic rings. The first kappa shape index (κ1) is 13.2. The van der Waals surface area contributed by atoms with Crippen LogP contribution in [-0.2, 0) is 4.74 Å². The third-order valence-corrected chi connectivity index (χ3v) is 2.40. The molecule has 0 bridgehead atoms. The number of hydrogen-bond donors (Lipinski definition) is 2. The third-order valence-electron chi connectivity index (χ3n) is 1.87.